The Labute approximate surface area is 70.5 Å². The van der Waals surface area contributed by atoms with Crippen LogP contribution in [0, 0.1) is 0 Å². The number of carbonyl (C=O) groups is 2. The van der Waals surface area contributed by atoms with Gasteiger partial charge in [0, 0.05) is 18.2 Å². The lowest BCUT2D eigenvalue weighted by atomic mass is 10.4. The highest BCUT2D eigenvalue weighted by molar-refractivity contribution is 6.04. The normalized spacial score (nSPS) is 14.3. The zero-order valence-electron chi connectivity index (χ0n) is 7.03. The van der Waals surface area contributed by atoms with Crippen molar-refractivity contribution >= 4 is 11.9 Å². The number of cyclic esters (lactones) is 2. The van der Waals surface area contributed by atoms with E-state index in [1.54, 1.807) is 0 Å². The Kier molecular flexibility index (Phi) is 4.91. The van der Waals surface area contributed by atoms with Gasteiger partial charge in [-0.15, -0.1) is 0 Å². The van der Waals surface area contributed by atoms with Crippen LogP contribution in [0.4, 0.5) is 0 Å². The van der Waals surface area contributed by atoms with Crippen LogP contribution in [-0.2, 0) is 14.3 Å². The van der Waals surface area contributed by atoms with Crippen LogP contribution in [-0.4, -0.2) is 18.0 Å². The Morgan fingerprint density at radius 1 is 1.33 bits per heavy atom. The van der Waals surface area contributed by atoms with E-state index in [1.807, 2.05) is 13.8 Å². The zero-order chi connectivity index (χ0) is 9.56. The fourth-order valence-corrected chi connectivity index (χ4v) is 0.303. The van der Waals surface area contributed by atoms with Crippen LogP contribution >= 0.6 is 0 Å². The molecule has 0 bridgehead atoms. The molecule has 0 unspecified atom stereocenters. The third-order valence-corrected chi connectivity index (χ3v) is 0.890. The number of nitrogens with one attached hydrogen (secondary N) is 1. The van der Waals surface area contributed by atoms with E-state index < -0.39 is 11.9 Å². The quantitative estimate of drug-likeness (QED) is 0.241. The number of hydrazine groups is 1. The maximum absolute atomic E-state index is 9.92. The minimum Gasteiger partial charge on any atom is -0.387 e. The molecule has 0 aromatic heterocycles. The Morgan fingerprint density at radius 2 is 1.67 bits per heavy atom. The van der Waals surface area contributed by atoms with Crippen LogP contribution < -0.4 is 11.3 Å². The van der Waals surface area contributed by atoms with E-state index in [0.717, 1.165) is 12.2 Å². The van der Waals surface area contributed by atoms with E-state index in [0.29, 0.717) is 6.04 Å². The second kappa shape index (κ2) is 5.45. The van der Waals surface area contributed by atoms with Crippen LogP contribution in [0.2, 0.25) is 0 Å². The maximum atomic E-state index is 9.92. The van der Waals surface area contributed by atoms with Gasteiger partial charge in [-0.2, -0.15) is 0 Å². The molecule has 5 nitrogen and oxygen atoms in total. The summed E-state index contributed by atoms with van der Waals surface area (Å²) in [7, 11) is 0. The Hall–Kier alpha value is -1.20. The summed E-state index contributed by atoms with van der Waals surface area (Å²) < 4.78 is 3.97. The molecule has 1 rings (SSSR count). The van der Waals surface area contributed by atoms with Crippen LogP contribution in [0.1, 0.15) is 13.8 Å². The highest BCUT2D eigenvalue weighted by Gasteiger charge is 2.10. The van der Waals surface area contributed by atoms with Crippen LogP contribution in [0.5, 0.6) is 0 Å². The van der Waals surface area contributed by atoms with Gasteiger partial charge in [0.2, 0.25) is 0 Å². The van der Waals surface area contributed by atoms with Gasteiger partial charge in [-0.3, -0.25) is 11.3 Å². The number of esters is 2. The summed E-state index contributed by atoms with van der Waals surface area (Å²) in [4.78, 5) is 19.8. The van der Waals surface area contributed by atoms with Crippen LogP contribution in [0.15, 0.2) is 12.2 Å². The lowest BCUT2D eigenvalue weighted by Crippen LogP contribution is -2.29. The predicted molar refractivity (Wildman–Crippen MR) is 42.7 cm³/mol. The first-order valence-corrected chi connectivity index (χ1v) is 3.46. The molecule has 5 heteroatoms. The summed E-state index contributed by atoms with van der Waals surface area (Å²) in [5.74, 6) is 3.76. The van der Waals surface area contributed by atoms with E-state index in [1.165, 1.54) is 0 Å². The van der Waals surface area contributed by atoms with Gasteiger partial charge in [-0.05, 0) is 13.8 Å². The summed E-state index contributed by atoms with van der Waals surface area (Å²) >= 11 is 0. The first kappa shape index (κ1) is 10.8. The predicted octanol–water partition coefficient (Wildman–Crippen LogP) is -0.516. The molecule has 0 radical (unpaired) electrons. The molecule has 0 atom stereocenters. The molecular formula is C7H12N2O3. The zero-order valence-corrected chi connectivity index (χ0v) is 7.03. The van der Waals surface area contributed by atoms with Gasteiger partial charge in [0.05, 0.1) is 0 Å². The molecule has 0 saturated carbocycles. The van der Waals surface area contributed by atoms with Crippen molar-refractivity contribution in [2.75, 3.05) is 0 Å². The van der Waals surface area contributed by atoms with Crippen molar-refractivity contribution in [3.05, 3.63) is 12.2 Å². The van der Waals surface area contributed by atoms with E-state index in [4.69, 9.17) is 5.84 Å². The number of hydrogen-bond donors (Lipinski definition) is 2. The molecule has 1 aliphatic heterocycles. The summed E-state index contributed by atoms with van der Waals surface area (Å²) in [6.45, 7) is 3.97. The molecule has 0 aromatic carbocycles. The molecule has 1 aliphatic rings. The van der Waals surface area contributed by atoms with E-state index in [2.05, 4.69) is 10.2 Å². The summed E-state index contributed by atoms with van der Waals surface area (Å²) in [5, 5.41) is 0. The Morgan fingerprint density at radius 3 is 1.75 bits per heavy atom. The molecular weight excluding hydrogens is 160 g/mol. The second-order valence-electron chi connectivity index (χ2n) is 2.39. The molecule has 0 saturated heterocycles. The van der Waals surface area contributed by atoms with Gasteiger partial charge >= 0.3 is 11.9 Å². The fourth-order valence-electron chi connectivity index (χ4n) is 0.303. The molecule has 0 aromatic rings. The number of hydrogen-bond acceptors (Lipinski definition) is 5. The average molecular weight is 172 g/mol. The minimum absolute atomic E-state index is 0.412. The van der Waals surface area contributed by atoms with Crippen molar-refractivity contribution in [3.8, 4) is 0 Å². The second-order valence-corrected chi connectivity index (χ2v) is 2.39. The Balaban J connectivity index is 0.000000217. The highest BCUT2D eigenvalue weighted by Crippen LogP contribution is 1.92. The molecule has 0 spiro atoms. The molecule has 0 aliphatic carbocycles. The van der Waals surface area contributed by atoms with Gasteiger partial charge in [-0.1, -0.05) is 0 Å². The van der Waals surface area contributed by atoms with E-state index in [-0.39, 0.29) is 0 Å². The number of rotatable bonds is 1. The van der Waals surface area contributed by atoms with Crippen molar-refractivity contribution < 1.29 is 14.3 Å². The summed E-state index contributed by atoms with van der Waals surface area (Å²) in [6, 6.07) is 0.412. The van der Waals surface area contributed by atoms with Crippen molar-refractivity contribution in [2.24, 2.45) is 5.84 Å². The number of nitrogens with two attached hydrogens (primary N) is 1. The largest absolute Gasteiger partial charge is 0.387 e. The monoisotopic (exact) mass is 172 g/mol. The van der Waals surface area contributed by atoms with Crippen molar-refractivity contribution in [1.29, 1.82) is 0 Å². The van der Waals surface area contributed by atoms with Gasteiger partial charge in [0.25, 0.3) is 0 Å². The van der Waals surface area contributed by atoms with Gasteiger partial charge < -0.3 is 4.74 Å². The van der Waals surface area contributed by atoms with Crippen LogP contribution in [0.3, 0.4) is 0 Å². The number of carbonyl (C=O) groups excluding carboxylic acids is 2. The standard InChI is InChI=1S/C4H2O3.C3H10N2/c5-3-1-2-4(6)7-3;1-3(2)5-4/h1-2H;3,5H,4H2,1-2H3. The van der Waals surface area contributed by atoms with Crippen molar-refractivity contribution in [1.82, 2.24) is 5.43 Å². The average Bonchev–Trinajstić information content (AvgIpc) is 2.36. The third kappa shape index (κ3) is 5.57. The molecule has 1 heterocycles. The van der Waals surface area contributed by atoms with Gasteiger partial charge in [0.1, 0.15) is 0 Å². The fraction of sp³-hybridized carbons (Fsp3) is 0.429. The van der Waals surface area contributed by atoms with E-state index >= 15 is 0 Å². The molecule has 68 valence electrons. The number of ether oxygens (including phenoxy) is 1. The third-order valence-electron chi connectivity index (χ3n) is 0.890. The minimum atomic E-state index is -0.579. The van der Waals surface area contributed by atoms with Crippen molar-refractivity contribution in [2.45, 2.75) is 19.9 Å². The SMILES string of the molecule is CC(C)NN.O=C1C=CC(=O)O1. The topological polar surface area (TPSA) is 81.4 Å². The van der Waals surface area contributed by atoms with Gasteiger partial charge in [-0.25, -0.2) is 9.59 Å². The van der Waals surface area contributed by atoms with Gasteiger partial charge in [0.15, 0.2) is 0 Å². The first-order valence-electron chi connectivity index (χ1n) is 3.46. The molecule has 0 amide bonds. The lowest BCUT2D eigenvalue weighted by molar-refractivity contribution is -0.150. The summed E-state index contributed by atoms with van der Waals surface area (Å²) in [6.07, 6.45) is 2.17. The summed E-state index contributed by atoms with van der Waals surface area (Å²) in [5.41, 5.74) is 2.53. The van der Waals surface area contributed by atoms with Crippen LogP contribution in [0.25, 0.3) is 0 Å². The molecule has 3 N–H and O–H groups in total. The lowest BCUT2D eigenvalue weighted by Gasteiger charge is -1.95. The smallest absolute Gasteiger partial charge is 0.338 e. The first-order chi connectivity index (χ1) is 5.56. The molecule has 12 heavy (non-hydrogen) atoms. The van der Waals surface area contributed by atoms with E-state index in [9.17, 15) is 9.59 Å². The Bertz CT molecular complexity index is 183. The van der Waals surface area contributed by atoms with Crippen molar-refractivity contribution in [3.63, 3.8) is 0 Å². The molecule has 0 fully saturated rings. The maximum Gasteiger partial charge on any atom is 0.338 e. The highest BCUT2D eigenvalue weighted by atomic mass is 16.6.